The predicted octanol–water partition coefficient (Wildman–Crippen LogP) is 2.33. The van der Waals surface area contributed by atoms with Crippen LogP contribution in [0, 0.1) is 13.8 Å². The Morgan fingerprint density at radius 1 is 1.21 bits per heavy atom. The van der Waals surface area contributed by atoms with Crippen LogP contribution in [-0.4, -0.2) is 37.4 Å². The quantitative estimate of drug-likeness (QED) is 0.723. The van der Waals surface area contributed by atoms with Crippen LogP contribution >= 0.6 is 0 Å². The Labute approximate surface area is 141 Å². The second-order valence-corrected chi connectivity index (χ2v) is 5.97. The first-order valence-electron chi connectivity index (χ1n) is 8.00. The van der Waals surface area contributed by atoms with Gasteiger partial charge >= 0.3 is 0 Å². The van der Waals surface area contributed by atoms with Crippen LogP contribution in [0.25, 0.3) is 5.78 Å². The van der Waals surface area contributed by atoms with E-state index >= 15 is 0 Å². The monoisotopic (exact) mass is 323 g/mol. The molecule has 0 bridgehead atoms. The summed E-state index contributed by atoms with van der Waals surface area (Å²) in [4.78, 5) is 22.8. The molecule has 0 aliphatic rings. The van der Waals surface area contributed by atoms with Gasteiger partial charge in [-0.15, -0.1) is 0 Å². The molecule has 0 fully saturated rings. The predicted molar refractivity (Wildman–Crippen MR) is 91.5 cm³/mol. The SMILES string of the molecule is Cc1nc2ncnn2c(C)c1CCC(=O)N(C)Cc1ccccc1. The number of nitrogens with zero attached hydrogens (tertiary/aromatic N) is 5. The third-order valence-corrected chi connectivity index (χ3v) is 4.27. The van der Waals surface area contributed by atoms with Crippen LogP contribution < -0.4 is 0 Å². The normalized spacial score (nSPS) is 11.0. The minimum absolute atomic E-state index is 0.122. The molecular formula is C18H21N5O. The molecule has 6 nitrogen and oxygen atoms in total. The molecule has 1 aromatic carbocycles. The third-order valence-electron chi connectivity index (χ3n) is 4.27. The lowest BCUT2D eigenvalue weighted by Crippen LogP contribution is -2.26. The summed E-state index contributed by atoms with van der Waals surface area (Å²) in [5.74, 6) is 0.720. The molecule has 3 aromatic rings. The van der Waals surface area contributed by atoms with E-state index in [-0.39, 0.29) is 5.91 Å². The summed E-state index contributed by atoms with van der Waals surface area (Å²) in [5.41, 5.74) is 4.10. The number of fused-ring (bicyclic) bond motifs is 1. The van der Waals surface area contributed by atoms with Crippen molar-refractivity contribution in [2.75, 3.05) is 7.05 Å². The molecule has 0 N–H and O–H groups in total. The Balaban J connectivity index is 1.68. The van der Waals surface area contributed by atoms with Crippen molar-refractivity contribution >= 4 is 11.7 Å². The van der Waals surface area contributed by atoms with E-state index in [9.17, 15) is 4.79 Å². The summed E-state index contributed by atoms with van der Waals surface area (Å²) < 4.78 is 1.72. The highest BCUT2D eigenvalue weighted by Crippen LogP contribution is 2.15. The molecule has 0 radical (unpaired) electrons. The number of benzene rings is 1. The van der Waals surface area contributed by atoms with Crippen LogP contribution in [0.1, 0.15) is 28.9 Å². The molecular weight excluding hydrogens is 302 g/mol. The van der Waals surface area contributed by atoms with E-state index in [1.807, 2.05) is 51.2 Å². The molecule has 0 unspecified atom stereocenters. The molecule has 0 saturated heterocycles. The maximum absolute atomic E-state index is 12.4. The lowest BCUT2D eigenvalue weighted by atomic mass is 10.1. The van der Waals surface area contributed by atoms with Crippen molar-refractivity contribution in [1.29, 1.82) is 0 Å². The highest BCUT2D eigenvalue weighted by atomic mass is 16.2. The first-order chi connectivity index (χ1) is 11.6. The van der Waals surface area contributed by atoms with Crippen molar-refractivity contribution < 1.29 is 4.79 Å². The van der Waals surface area contributed by atoms with E-state index in [4.69, 9.17) is 0 Å². The number of hydrogen-bond acceptors (Lipinski definition) is 4. The number of amides is 1. The molecule has 1 amide bonds. The Morgan fingerprint density at radius 2 is 1.96 bits per heavy atom. The number of carbonyl (C=O) groups excluding carboxylic acids is 1. The summed E-state index contributed by atoms with van der Waals surface area (Å²) in [6.45, 7) is 4.57. The second kappa shape index (κ2) is 6.78. The zero-order valence-corrected chi connectivity index (χ0v) is 14.2. The van der Waals surface area contributed by atoms with Gasteiger partial charge in [0.25, 0.3) is 5.78 Å². The maximum Gasteiger partial charge on any atom is 0.252 e. The summed E-state index contributed by atoms with van der Waals surface area (Å²) in [6, 6.07) is 10.0. The maximum atomic E-state index is 12.4. The fourth-order valence-corrected chi connectivity index (χ4v) is 2.89. The van der Waals surface area contributed by atoms with Crippen molar-refractivity contribution in [2.45, 2.75) is 33.2 Å². The van der Waals surface area contributed by atoms with Gasteiger partial charge in [0.05, 0.1) is 0 Å². The van der Waals surface area contributed by atoms with Gasteiger partial charge in [-0.25, -0.2) is 9.50 Å². The van der Waals surface area contributed by atoms with Crippen LogP contribution in [0.5, 0.6) is 0 Å². The minimum atomic E-state index is 0.122. The standard InChI is InChI=1S/C18H21N5O/c1-13-16(14(2)23-18(21-13)19-12-20-23)9-10-17(24)22(3)11-15-7-5-4-6-8-15/h4-8,12H,9-11H2,1-3H3. The lowest BCUT2D eigenvalue weighted by molar-refractivity contribution is -0.130. The number of aromatic nitrogens is 4. The summed E-state index contributed by atoms with van der Waals surface area (Å²) in [7, 11) is 1.84. The van der Waals surface area contributed by atoms with Crippen molar-refractivity contribution in [3.63, 3.8) is 0 Å². The first-order valence-corrected chi connectivity index (χ1v) is 8.00. The van der Waals surface area contributed by atoms with Gasteiger partial charge in [-0.2, -0.15) is 10.1 Å². The van der Waals surface area contributed by atoms with E-state index in [0.717, 1.165) is 22.5 Å². The largest absolute Gasteiger partial charge is 0.341 e. The smallest absolute Gasteiger partial charge is 0.252 e. The van der Waals surface area contributed by atoms with Crippen LogP contribution in [0.4, 0.5) is 0 Å². The van der Waals surface area contributed by atoms with Gasteiger partial charge in [-0.05, 0) is 31.4 Å². The van der Waals surface area contributed by atoms with Gasteiger partial charge in [0.15, 0.2) is 0 Å². The highest BCUT2D eigenvalue weighted by molar-refractivity contribution is 5.76. The topological polar surface area (TPSA) is 63.4 Å². The van der Waals surface area contributed by atoms with Crippen LogP contribution in [0.3, 0.4) is 0 Å². The molecule has 0 aliphatic carbocycles. The molecule has 3 rings (SSSR count). The number of hydrogen-bond donors (Lipinski definition) is 0. The average Bonchev–Trinajstić information content (AvgIpc) is 3.03. The fourth-order valence-electron chi connectivity index (χ4n) is 2.89. The Bertz CT molecular complexity index is 856. The Kier molecular flexibility index (Phi) is 4.55. The zero-order valence-electron chi connectivity index (χ0n) is 14.2. The van der Waals surface area contributed by atoms with E-state index < -0.39 is 0 Å². The summed E-state index contributed by atoms with van der Waals surface area (Å²) >= 11 is 0. The molecule has 0 saturated carbocycles. The lowest BCUT2D eigenvalue weighted by Gasteiger charge is -2.18. The van der Waals surface area contributed by atoms with E-state index in [1.165, 1.54) is 6.33 Å². The van der Waals surface area contributed by atoms with E-state index in [1.54, 1.807) is 9.42 Å². The van der Waals surface area contributed by atoms with Crippen molar-refractivity contribution in [1.82, 2.24) is 24.5 Å². The number of rotatable bonds is 5. The molecule has 0 spiro atoms. The van der Waals surface area contributed by atoms with Gasteiger partial charge < -0.3 is 4.90 Å². The molecule has 2 aromatic heterocycles. The van der Waals surface area contributed by atoms with Crippen molar-refractivity contribution in [2.24, 2.45) is 0 Å². The molecule has 24 heavy (non-hydrogen) atoms. The van der Waals surface area contributed by atoms with Crippen LogP contribution in [0.15, 0.2) is 36.7 Å². The van der Waals surface area contributed by atoms with Crippen LogP contribution in [-0.2, 0) is 17.8 Å². The van der Waals surface area contributed by atoms with Crippen molar-refractivity contribution in [3.8, 4) is 0 Å². The van der Waals surface area contributed by atoms with Gasteiger partial charge in [0.2, 0.25) is 5.91 Å². The van der Waals surface area contributed by atoms with E-state index in [0.29, 0.717) is 25.2 Å². The average molecular weight is 323 g/mol. The molecule has 124 valence electrons. The second-order valence-electron chi connectivity index (χ2n) is 5.97. The van der Waals surface area contributed by atoms with Gasteiger partial charge in [0.1, 0.15) is 6.33 Å². The molecule has 2 heterocycles. The third kappa shape index (κ3) is 3.27. The molecule has 6 heteroatoms. The van der Waals surface area contributed by atoms with E-state index in [2.05, 4.69) is 15.1 Å². The zero-order chi connectivity index (χ0) is 17.1. The summed E-state index contributed by atoms with van der Waals surface area (Å²) in [6.07, 6.45) is 2.60. The van der Waals surface area contributed by atoms with Gasteiger partial charge in [-0.3, -0.25) is 4.79 Å². The Hall–Kier alpha value is -2.76. The van der Waals surface area contributed by atoms with Gasteiger partial charge in [-0.1, -0.05) is 30.3 Å². The number of carbonyl (C=O) groups is 1. The van der Waals surface area contributed by atoms with Crippen molar-refractivity contribution in [3.05, 3.63) is 59.2 Å². The highest BCUT2D eigenvalue weighted by Gasteiger charge is 2.14. The fraction of sp³-hybridized carbons (Fsp3) is 0.333. The number of aryl methyl sites for hydroxylation is 2. The first kappa shape index (κ1) is 16.1. The molecule has 0 atom stereocenters. The summed E-state index contributed by atoms with van der Waals surface area (Å²) in [5, 5.41) is 4.19. The van der Waals surface area contributed by atoms with Gasteiger partial charge in [0, 0.05) is 31.4 Å². The minimum Gasteiger partial charge on any atom is -0.341 e. The Morgan fingerprint density at radius 3 is 2.71 bits per heavy atom. The molecule has 0 aliphatic heterocycles. The van der Waals surface area contributed by atoms with Crippen LogP contribution in [0.2, 0.25) is 0 Å².